The van der Waals surface area contributed by atoms with Crippen molar-refractivity contribution >= 4 is 33.9 Å². The lowest BCUT2D eigenvalue weighted by molar-refractivity contribution is 0.0953. The summed E-state index contributed by atoms with van der Waals surface area (Å²) in [4.78, 5) is 23.0. The topological polar surface area (TPSA) is 104 Å². The third-order valence-electron chi connectivity index (χ3n) is 6.18. The Morgan fingerprint density at radius 1 is 0.914 bits per heavy atom. The molecule has 3 heterocycles. The molecule has 5 aromatic rings. The molecule has 3 N–H and O–H groups in total. The molecule has 0 atom stereocenters. The maximum atomic E-state index is 13.4. The number of nitrogens with two attached hydrogens (primary N) is 1. The van der Waals surface area contributed by atoms with Crippen molar-refractivity contribution in [2.75, 3.05) is 12.5 Å². The van der Waals surface area contributed by atoms with Crippen LogP contribution in [0.25, 0.3) is 22.2 Å². The van der Waals surface area contributed by atoms with Crippen LogP contribution in [0.4, 0.5) is 5.82 Å². The molecule has 0 bridgehead atoms. The normalized spacial score (nSPS) is 12.3. The first-order valence-corrected chi connectivity index (χ1v) is 11.4. The molecule has 0 spiro atoms. The van der Waals surface area contributed by atoms with E-state index in [4.69, 9.17) is 25.2 Å². The van der Waals surface area contributed by atoms with E-state index in [2.05, 4.69) is 17.4 Å². The number of ether oxygens (including phenoxy) is 2. The second-order valence-corrected chi connectivity index (χ2v) is 8.40. The minimum Gasteiger partial charge on any atom is -0.454 e. The second-order valence-electron chi connectivity index (χ2n) is 8.40. The molecule has 1 aliphatic rings. The number of carbonyl (C=O) groups excluding carboxylic acids is 1. The zero-order chi connectivity index (χ0) is 23.8. The lowest BCUT2D eigenvalue weighted by Crippen LogP contribution is -2.24. The number of nitrogens with zero attached hydrogens (tertiary/aromatic N) is 3. The monoisotopic (exact) mass is 465 g/mol. The molecule has 1 amide bonds. The fraction of sp³-hybridized carbons (Fsp3) is 0.148. The van der Waals surface area contributed by atoms with Crippen LogP contribution in [0.1, 0.15) is 21.5 Å². The van der Waals surface area contributed by atoms with Gasteiger partial charge in [-0.25, -0.2) is 9.97 Å². The van der Waals surface area contributed by atoms with Crippen molar-refractivity contribution in [3.8, 4) is 11.5 Å². The number of hydrogen-bond donors (Lipinski definition) is 2. The van der Waals surface area contributed by atoms with E-state index in [1.807, 2.05) is 65.2 Å². The number of carbonyl (C=O) groups is 1. The summed E-state index contributed by atoms with van der Waals surface area (Å²) in [5.41, 5.74) is 11.6. The Labute approximate surface area is 201 Å². The Morgan fingerprint density at radius 3 is 2.49 bits per heavy atom. The maximum absolute atomic E-state index is 13.4. The number of benzene rings is 3. The Balaban J connectivity index is 1.35. The van der Waals surface area contributed by atoms with Crippen LogP contribution >= 0.6 is 0 Å². The molecule has 35 heavy (non-hydrogen) atoms. The number of rotatable bonds is 6. The summed E-state index contributed by atoms with van der Waals surface area (Å²) in [5.74, 6) is 1.43. The zero-order valence-corrected chi connectivity index (χ0v) is 18.9. The lowest BCUT2D eigenvalue weighted by atomic mass is 10.1. The molecule has 1 aliphatic heterocycles. The molecule has 2 aromatic heterocycles. The Bertz CT molecular complexity index is 1560. The van der Waals surface area contributed by atoms with Gasteiger partial charge in [0.2, 0.25) is 6.79 Å². The smallest absolute Gasteiger partial charge is 0.257 e. The first kappa shape index (κ1) is 21.0. The summed E-state index contributed by atoms with van der Waals surface area (Å²) in [6.07, 6.45) is 0.752. The summed E-state index contributed by atoms with van der Waals surface area (Å²) < 4.78 is 12.7. The molecule has 8 heteroatoms. The summed E-state index contributed by atoms with van der Waals surface area (Å²) >= 11 is 0. The van der Waals surface area contributed by atoms with Gasteiger partial charge in [-0.15, -0.1) is 0 Å². The number of hydrogen-bond acceptors (Lipinski definition) is 6. The fourth-order valence-electron chi connectivity index (χ4n) is 4.37. The van der Waals surface area contributed by atoms with Crippen LogP contribution < -0.4 is 20.5 Å². The molecule has 0 saturated heterocycles. The molecule has 0 saturated carbocycles. The molecule has 8 nitrogen and oxygen atoms in total. The van der Waals surface area contributed by atoms with Crippen LogP contribution in [0.15, 0.2) is 72.8 Å². The minimum atomic E-state index is -0.298. The van der Waals surface area contributed by atoms with Gasteiger partial charge in [0.1, 0.15) is 16.9 Å². The Kier molecular flexibility index (Phi) is 5.18. The van der Waals surface area contributed by atoms with Crippen molar-refractivity contribution in [2.45, 2.75) is 19.5 Å². The number of nitrogen functional groups attached to an aromatic ring is 1. The van der Waals surface area contributed by atoms with Crippen molar-refractivity contribution in [1.82, 2.24) is 19.9 Å². The van der Waals surface area contributed by atoms with Crippen LogP contribution in [0.5, 0.6) is 11.5 Å². The SMILES string of the molecule is Nc1c(C(=O)NCc2ccc3c(c2)OCO3)c2nc3ccccc3nc2n1CCc1ccccc1. The molecule has 6 rings (SSSR count). The van der Waals surface area contributed by atoms with Gasteiger partial charge in [-0.05, 0) is 41.8 Å². The molecule has 3 aromatic carbocycles. The van der Waals surface area contributed by atoms with Gasteiger partial charge in [-0.2, -0.15) is 0 Å². The first-order valence-electron chi connectivity index (χ1n) is 11.4. The predicted molar refractivity (Wildman–Crippen MR) is 133 cm³/mol. The average molecular weight is 466 g/mol. The van der Waals surface area contributed by atoms with Gasteiger partial charge in [-0.1, -0.05) is 48.5 Å². The van der Waals surface area contributed by atoms with Crippen LogP contribution in [0, 0.1) is 0 Å². The molecular weight excluding hydrogens is 442 g/mol. The van der Waals surface area contributed by atoms with Gasteiger partial charge in [0.25, 0.3) is 5.91 Å². The lowest BCUT2D eigenvalue weighted by Gasteiger charge is -2.09. The van der Waals surface area contributed by atoms with Crippen LogP contribution in [0.2, 0.25) is 0 Å². The minimum absolute atomic E-state index is 0.205. The van der Waals surface area contributed by atoms with E-state index in [-0.39, 0.29) is 12.7 Å². The molecule has 0 unspecified atom stereocenters. The van der Waals surface area contributed by atoms with Gasteiger partial charge in [0.05, 0.1) is 11.0 Å². The fourth-order valence-corrected chi connectivity index (χ4v) is 4.37. The predicted octanol–water partition coefficient (Wildman–Crippen LogP) is 4.07. The van der Waals surface area contributed by atoms with Crippen LogP contribution in [0.3, 0.4) is 0 Å². The number of aromatic nitrogens is 3. The highest BCUT2D eigenvalue weighted by molar-refractivity contribution is 6.10. The Hall–Kier alpha value is -4.59. The summed E-state index contributed by atoms with van der Waals surface area (Å²) in [6, 6.07) is 23.4. The van der Waals surface area contributed by atoms with E-state index >= 15 is 0 Å². The second kappa shape index (κ2) is 8.64. The molecule has 0 radical (unpaired) electrons. The quantitative estimate of drug-likeness (QED) is 0.392. The van der Waals surface area contributed by atoms with Gasteiger partial charge in [-0.3, -0.25) is 4.79 Å². The molecule has 0 fully saturated rings. The van der Waals surface area contributed by atoms with Crippen molar-refractivity contribution in [3.05, 3.63) is 89.5 Å². The van der Waals surface area contributed by atoms with Crippen LogP contribution in [-0.4, -0.2) is 27.2 Å². The highest BCUT2D eigenvalue weighted by atomic mass is 16.7. The Morgan fingerprint density at radius 2 is 1.66 bits per heavy atom. The van der Waals surface area contributed by atoms with E-state index in [0.717, 1.165) is 17.5 Å². The third kappa shape index (κ3) is 3.89. The summed E-state index contributed by atoms with van der Waals surface area (Å²) in [7, 11) is 0. The average Bonchev–Trinajstić information content (AvgIpc) is 3.46. The van der Waals surface area contributed by atoms with E-state index in [9.17, 15) is 4.79 Å². The largest absolute Gasteiger partial charge is 0.454 e. The maximum Gasteiger partial charge on any atom is 0.257 e. The summed E-state index contributed by atoms with van der Waals surface area (Å²) in [5, 5.41) is 2.98. The van der Waals surface area contributed by atoms with Crippen molar-refractivity contribution in [2.24, 2.45) is 0 Å². The number of anilines is 1. The van der Waals surface area contributed by atoms with Crippen molar-refractivity contribution in [3.63, 3.8) is 0 Å². The van der Waals surface area contributed by atoms with Gasteiger partial charge in [0, 0.05) is 13.1 Å². The van der Waals surface area contributed by atoms with Gasteiger partial charge >= 0.3 is 0 Å². The molecule has 174 valence electrons. The summed E-state index contributed by atoms with van der Waals surface area (Å²) in [6.45, 7) is 1.10. The third-order valence-corrected chi connectivity index (χ3v) is 6.18. The number of amides is 1. The number of aryl methyl sites for hydroxylation is 2. The standard InChI is InChI=1S/C27H23N5O3/c28-25-23(27(33)29-15-18-10-11-21-22(14-18)35-16-34-21)24-26(31-20-9-5-4-8-19(20)30-24)32(25)13-12-17-6-2-1-3-7-17/h1-11,14H,12-13,15-16,28H2,(H,29,33). The van der Waals surface area contributed by atoms with Crippen molar-refractivity contribution < 1.29 is 14.3 Å². The van der Waals surface area contributed by atoms with E-state index in [1.54, 1.807) is 0 Å². The molecular formula is C27H23N5O3. The van der Waals surface area contributed by atoms with Gasteiger partial charge in [0.15, 0.2) is 17.1 Å². The van der Waals surface area contributed by atoms with E-state index in [0.29, 0.717) is 52.7 Å². The number of para-hydroxylation sites is 2. The number of nitrogens with one attached hydrogen (secondary N) is 1. The van der Waals surface area contributed by atoms with Gasteiger partial charge < -0.3 is 25.1 Å². The molecule has 0 aliphatic carbocycles. The zero-order valence-electron chi connectivity index (χ0n) is 18.9. The first-order chi connectivity index (χ1) is 17.2. The highest BCUT2D eigenvalue weighted by Gasteiger charge is 2.24. The van der Waals surface area contributed by atoms with Crippen molar-refractivity contribution in [1.29, 1.82) is 0 Å². The highest BCUT2D eigenvalue weighted by Crippen LogP contribution is 2.33. The van der Waals surface area contributed by atoms with E-state index < -0.39 is 0 Å². The van der Waals surface area contributed by atoms with E-state index in [1.165, 1.54) is 5.56 Å². The van der Waals surface area contributed by atoms with Crippen LogP contribution in [-0.2, 0) is 19.5 Å². The number of fused-ring (bicyclic) bond motifs is 3.